The molecule has 0 saturated heterocycles. The van der Waals surface area contributed by atoms with Crippen molar-refractivity contribution in [2.75, 3.05) is 13.1 Å². The Balaban J connectivity index is 2.22. The Morgan fingerprint density at radius 2 is 2.38 bits per heavy atom. The monoisotopic (exact) mass is 260 g/mol. The molecule has 0 bridgehead atoms. The summed E-state index contributed by atoms with van der Waals surface area (Å²) in [6, 6.07) is 3.86. The van der Waals surface area contributed by atoms with Crippen LogP contribution in [0.2, 0.25) is 4.34 Å². The lowest BCUT2D eigenvalue weighted by atomic mass is 10.1. The Kier molecular flexibility index (Phi) is 5.80. The molecule has 1 rings (SSSR count). The van der Waals surface area contributed by atoms with Gasteiger partial charge < -0.3 is 11.1 Å². The maximum absolute atomic E-state index is 11.5. The number of hydrogen-bond donors (Lipinski definition) is 2. The summed E-state index contributed by atoms with van der Waals surface area (Å²) < 4.78 is 0.790. The third kappa shape index (κ3) is 4.51. The largest absolute Gasteiger partial charge is 0.356 e. The van der Waals surface area contributed by atoms with Crippen LogP contribution in [0.4, 0.5) is 0 Å². The first kappa shape index (κ1) is 13.5. The van der Waals surface area contributed by atoms with E-state index in [-0.39, 0.29) is 11.8 Å². The Morgan fingerprint density at radius 1 is 1.62 bits per heavy atom. The van der Waals surface area contributed by atoms with Crippen molar-refractivity contribution in [1.82, 2.24) is 5.32 Å². The topological polar surface area (TPSA) is 55.1 Å². The number of amides is 1. The number of carbonyl (C=O) groups excluding carboxylic acids is 1. The molecule has 3 N–H and O–H groups in total. The predicted octanol–water partition coefficient (Wildman–Crippen LogP) is 2.05. The van der Waals surface area contributed by atoms with Crippen LogP contribution in [0.1, 0.15) is 18.2 Å². The highest BCUT2D eigenvalue weighted by molar-refractivity contribution is 7.16. The lowest BCUT2D eigenvalue weighted by Crippen LogP contribution is -2.31. The molecule has 0 saturated carbocycles. The summed E-state index contributed by atoms with van der Waals surface area (Å²) in [6.07, 6.45) is 1.56. The first-order valence-electron chi connectivity index (χ1n) is 5.35. The van der Waals surface area contributed by atoms with Crippen LogP contribution in [-0.4, -0.2) is 19.0 Å². The number of nitrogens with two attached hydrogens (primary N) is 1. The van der Waals surface area contributed by atoms with Crippen LogP contribution >= 0.6 is 22.9 Å². The van der Waals surface area contributed by atoms with Gasteiger partial charge in [0.25, 0.3) is 0 Å². The third-order valence-corrected chi connectivity index (χ3v) is 3.64. The highest BCUT2D eigenvalue weighted by Crippen LogP contribution is 2.21. The van der Waals surface area contributed by atoms with E-state index in [0.29, 0.717) is 13.1 Å². The molecule has 0 aliphatic heterocycles. The molecule has 0 aromatic carbocycles. The van der Waals surface area contributed by atoms with Crippen molar-refractivity contribution >= 4 is 28.8 Å². The molecule has 0 aliphatic rings. The Bertz CT molecular complexity index is 340. The molecule has 0 fully saturated rings. The summed E-state index contributed by atoms with van der Waals surface area (Å²) >= 11 is 7.36. The average Bonchev–Trinajstić information content (AvgIpc) is 2.64. The molecule has 16 heavy (non-hydrogen) atoms. The van der Waals surface area contributed by atoms with Crippen molar-refractivity contribution in [3.63, 3.8) is 0 Å². The van der Waals surface area contributed by atoms with Gasteiger partial charge in [-0.05, 0) is 31.5 Å². The Morgan fingerprint density at radius 3 is 2.94 bits per heavy atom. The number of carbonyl (C=O) groups is 1. The van der Waals surface area contributed by atoms with Crippen molar-refractivity contribution in [3.05, 3.63) is 21.3 Å². The summed E-state index contributed by atoms with van der Waals surface area (Å²) in [5.74, 6) is 0.0741. The molecule has 1 unspecified atom stereocenters. The minimum absolute atomic E-state index is 0.00285. The van der Waals surface area contributed by atoms with Crippen LogP contribution in [0.15, 0.2) is 12.1 Å². The highest BCUT2D eigenvalue weighted by Gasteiger charge is 2.10. The predicted molar refractivity (Wildman–Crippen MR) is 68.9 cm³/mol. The molecule has 0 radical (unpaired) electrons. The maximum Gasteiger partial charge on any atom is 0.222 e. The van der Waals surface area contributed by atoms with E-state index in [4.69, 9.17) is 17.3 Å². The van der Waals surface area contributed by atoms with E-state index in [1.165, 1.54) is 4.88 Å². The van der Waals surface area contributed by atoms with Gasteiger partial charge in [-0.3, -0.25) is 4.79 Å². The van der Waals surface area contributed by atoms with Crippen molar-refractivity contribution in [1.29, 1.82) is 0 Å². The molecule has 5 heteroatoms. The minimum atomic E-state index is -0.00285. The fourth-order valence-corrected chi connectivity index (χ4v) is 2.44. The van der Waals surface area contributed by atoms with Gasteiger partial charge in [0.2, 0.25) is 5.91 Å². The van der Waals surface area contributed by atoms with Crippen LogP contribution in [0, 0.1) is 5.92 Å². The molecule has 1 aromatic rings. The average molecular weight is 261 g/mol. The standard InChI is InChI=1S/C11H17ClN2OS/c1-8(4-6-13)11(15)14-7-5-9-2-3-10(12)16-9/h2-3,8H,4-7,13H2,1H3,(H,14,15). The fraction of sp³-hybridized carbons (Fsp3) is 0.545. The SMILES string of the molecule is CC(CCN)C(=O)NCCc1ccc(Cl)s1. The van der Waals surface area contributed by atoms with E-state index in [1.807, 2.05) is 19.1 Å². The van der Waals surface area contributed by atoms with E-state index < -0.39 is 0 Å². The smallest absolute Gasteiger partial charge is 0.222 e. The van der Waals surface area contributed by atoms with E-state index in [9.17, 15) is 4.79 Å². The number of halogens is 1. The second kappa shape index (κ2) is 6.89. The molecule has 90 valence electrons. The van der Waals surface area contributed by atoms with Gasteiger partial charge in [0.1, 0.15) is 0 Å². The number of thiophene rings is 1. The second-order valence-corrected chi connectivity index (χ2v) is 5.52. The number of hydrogen-bond acceptors (Lipinski definition) is 3. The minimum Gasteiger partial charge on any atom is -0.356 e. The third-order valence-electron chi connectivity index (χ3n) is 2.35. The van der Waals surface area contributed by atoms with Gasteiger partial charge in [-0.25, -0.2) is 0 Å². The van der Waals surface area contributed by atoms with Crippen LogP contribution in [0.3, 0.4) is 0 Å². The summed E-state index contributed by atoms with van der Waals surface area (Å²) in [4.78, 5) is 12.7. The summed E-state index contributed by atoms with van der Waals surface area (Å²) in [5.41, 5.74) is 5.40. The highest BCUT2D eigenvalue weighted by atomic mass is 35.5. The second-order valence-electron chi connectivity index (χ2n) is 3.73. The molecule has 0 spiro atoms. The van der Waals surface area contributed by atoms with Crippen LogP contribution in [0.25, 0.3) is 0 Å². The van der Waals surface area contributed by atoms with Crippen LogP contribution < -0.4 is 11.1 Å². The lowest BCUT2D eigenvalue weighted by Gasteiger charge is -2.10. The Hall–Kier alpha value is -0.580. The molecular weight excluding hydrogens is 244 g/mol. The quantitative estimate of drug-likeness (QED) is 0.823. The zero-order valence-corrected chi connectivity index (χ0v) is 10.9. The van der Waals surface area contributed by atoms with Crippen molar-refractivity contribution in [3.8, 4) is 0 Å². The van der Waals surface area contributed by atoms with Crippen LogP contribution in [0.5, 0.6) is 0 Å². The van der Waals surface area contributed by atoms with E-state index >= 15 is 0 Å². The number of rotatable bonds is 6. The van der Waals surface area contributed by atoms with Gasteiger partial charge in [-0.1, -0.05) is 18.5 Å². The number of nitrogens with one attached hydrogen (secondary N) is 1. The van der Waals surface area contributed by atoms with Crippen LogP contribution in [-0.2, 0) is 11.2 Å². The maximum atomic E-state index is 11.5. The Labute approximate surface area is 105 Å². The van der Waals surface area contributed by atoms with E-state index in [2.05, 4.69) is 5.32 Å². The van der Waals surface area contributed by atoms with Gasteiger partial charge in [-0.15, -0.1) is 11.3 Å². The summed E-state index contributed by atoms with van der Waals surface area (Å²) in [6.45, 7) is 3.10. The molecular formula is C11H17ClN2OS. The summed E-state index contributed by atoms with van der Waals surface area (Å²) in [7, 11) is 0. The molecule has 1 heterocycles. The van der Waals surface area contributed by atoms with Gasteiger partial charge in [0.05, 0.1) is 4.34 Å². The fourth-order valence-electron chi connectivity index (χ4n) is 1.35. The van der Waals surface area contributed by atoms with E-state index in [0.717, 1.165) is 17.2 Å². The molecule has 1 atom stereocenters. The van der Waals surface area contributed by atoms with Crippen molar-refractivity contribution < 1.29 is 4.79 Å². The zero-order chi connectivity index (χ0) is 12.0. The van der Waals surface area contributed by atoms with Crippen molar-refractivity contribution in [2.45, 2.75) is 19.8 Å². The van der Waals surface area contributed by atoms with Gasteiger partial charge in [-0.2, -0.15) is 0 Å². The lowest BCUT2D eigenvalue weighted by molar-refractivity contribution is -0.124. The molecule has 1 aromatic heterocycles. The molecule has 1 amide bonds. The van der Waals surface area contributed by atoms with E-state index in [1.54, 1.807) is 11.3 Å². The van der Waals surface area contributed by atoms with Gasteiger partial charge in [0, 0.05) is 17.3 Å². The van der Waals surface area contributed by atoms with Crippen molar-refractivity contribution in [2.24, 2.45) is 11.7 Å². The van der Waals surface area contributed by atoms with Gasteiger partial charge in [0.15, 0.2) is 0 Å². The zero-order valence-electron chi connectivity index (χ0n) is 9.33. The first-order valence-corrected chi connectivity index (χ1v) is 6.55. The summed E-state index contributed by atoms with van der Waals surface area (Å²) in [5, 5.41) is 2.89. The normalized spacial score (nSPS) is 12.4. The molecule has 0 aliphatic carbocycles. The first-order chi connectivity index (χ1) is 7.63. The van der Waals surface area contributed by atoms with Gasteiger partial charge >= 0.3 is 0 Å². The molecule has 3 nitrogen and oxygen atoms in total.